The number of carbonyl (C=O) groups excluding carboxylic acids is 1. The number of halogens is 1. The minimum Gasteiger partial charge on any atom is -0.491 e. The molecule has 0 bridgehead atoms. The summed E-state index contributed by atoms with van der Waals surface area (Å²) < 4.78 is 10.6. The lowest BCUT2D eigenvalue weighted by Crippen LogP contribution is -2.54. The number of aliphatic hydroxyl groups is 1. The van der Waals surface area contributed by atoms with Crippen molar-refractivity contribution in [1.29, 1.82) is 0 Å². The topological polar surface area (TPSA) is 98.7 Å². The normalized spacial score (nSPS) is 15.6. The van der Waals surface area contributed by atoms with E-state index in [1.54, 1.807) is 7.11 Å². The maximum Gasteiger partial charge on any atom is 0.234 e. The van der Waals surface area contributed by atoms with Crippen LogP contribution in [-0.4, -0.2) is 106 Å². The summed E-state index contributed by atoms with van der Waals surface area (Å²) in [4.78, 5) is 20.9. The summed E-state index contributed by atoms with van der Waals surface area (Å²) in [5.74, 6) is 1.54. The van der Waals surface area contributed by atoms with Crippen molar-refractivity contribution >= 4 is 35.8 Å². The molecular formula is C22H38IN5O4. The Hall–Kier alpha value is -1.63. The van der Waals surface area contributed by atoms with E-state index in [4.69, 9.17) is 9.47 Å². The van der Waals surface area contributed by atoms with E-state index < -0.39 is 6.10 Å². The Morgan fingerprint density at radius 2 is 2.00 bits per heavy atom. The fourth-order valence-corrected chi connectivity index (χ4v) is 3.24. The largest absolute Gasteiger partial charge is 0.491 e. The van der Waals surface area contributed by atoms with Crippen LogP contribution >= 0.6 is 24.0 Å². The first-order valence-corrected chi connectivity index (χ1v) is 10.9. The quantitative estimate of drug-likeness (QED) is 0.158. The Kier molecular flexibility index (Phi) is 14.3. The van der Waals surface area contributed by atoms with Crippen molar-refractivity contribution in [3.05, 3.63) is 29.8 Å². The highest BCUT2D eigenvalue weighted by Crippen LogP contribution is 2.12. The van der Waals surface area contributed by atoms with Crippen molar-refractivity contribution in [2.75, 3.05) is 72.7 Å². The van der Waals surface area contributed by atoms with E-state index >= 15 is 0 Å². The van der Waals surface area contributed by atoms with Crippen molar-refractivity contribution in [3.63, 3.8) is 0 Å². The van der Waals surface area contributed by atoms with Gasteiger partial charge in [0.25, 0.3) is 0 Å². The zero-order valence-corrected chi connectivity index (χ0v) is 21.7. The number of guanidine groups is 1. The van der Waals surface area contributed by atoms with Crippen molar-refractivity contribution in [3.8, 4) is 5.75 Å². The van der Waals surface area contributed by atoms with Gasteiger partial charge in [0.15, 0.2) is 5.96 Å². The number of methoxy groups -OCH3 is 1. The van der Waals surface area contributed by atoms with Crippen LogP contribution in [0, 0.1) is 6.92 Å². The Morgan fingerprint density at radius 1 is 1.25 bits per heavy atom. The van der Waals surface area contributed by atoms with Gasteiger partial charge in [-0.15, -0.1) is 24.0 Å². The minimum absolute atomic E-state index is 0. The van der Waals surface area contributed by atoms with Gasteiger partial charge in [-0.05, 0) is 31.5 Å². The first kappa shape index (κ1) is 28.4. The van der Waals surface area contributed by atoms with Crippen LogP contribution in [0.1, 0.15) is 12.5 Å². The smallest absolute Gasteiger partial charge is 0.234 e. The lowest BCUT2D eigenvalue weighted by Gasteiger charge is -2.36. The number of piperazine rings is 1. The SMILES string of the molecule is CCNC(=NCC(O)COc1cccc(C)c1)N1CCN(CC(=O)NCCOC)CC1.I. The Labute approximate surface area is 208 Å². The number of aryl methyl sites for hydroxylation is 1. The summed E-state index contributed by atoms with van der Waals surface area (Å²) in [5.41, 5.74) is 1.12. The standard InChI is InChI=1S/C22H37N5O4.HI/c1-4-23-22(25-15-19(28)17-31-20-7-5-6-18(2)14-20)27-11-9-26(10-12-27)16-21(29)24-8-13-30-3;/h5-7,14,19,28H,4,8-13,15-17H2,1-3H3,(H,23,25)(H,24,29);1H. The number of nitrogens with one attached hydrogen (secondary N) is 2. The number of aliphatic hydroxyl groups excluding tert-OH is 1. The molecule has 1 heterocycles. The molecule has 1 fully saturated rings. The first-order chi connectivity index (χ1) is 15.0. The molecule has 1 atom stereocenters. The molecule has 1 unspecified atom stereocenters. The summed E-state index contributed by atoms with van der Waals surface area (Å²) in [7, 11) is 1.62. The van der Waals surface area contributed by atoms with Gasteiger partial charge in [-0.2, -0.15) is 0 Å². The predicted molar refractivity (Wildman–Crippen MR) is 137 cm³/mol. The van der Waals surface area contributed by atoms with Crippen molar-refractivity contribution in [1.82, 2.24) is 20.4 Å². The van der Waals surface area contributed by atoms with E-state index in [2.05, 4.69) is 25.4 Å². The van der Waals surface area contributed by atoms with Crippen LogP contribution in [0.3, 0.4) is 0 Å². The molecule has 1 aliphatic heterocycles. The first-order valence-electron chi connectivity index (χ1n) is 10.9. The second-order valence-electron chi connectivity index (χ2n) is 7.58. The average molecular weight is 563 g/mol. The van der Waals surface area contributed by atoms with Gasteiger partial charge in [-0.1, -0.05) is 12.1 Å². The number of aliphatic imine (C=N–C) groups is 1. The summed E-state index contributed by atoms with van der Waals surface area (Å²) in [6, 6.07) is 7.76. The Bertz CT molecular complexity index is 699. The van der Waals surface area contributed by atoms with Gasteiger partial charge in [0, 0.05) is 46.4 Å². The van der Waals surface area contributed by atoms with Crippen molar-refractivity contribution in [2.24, 2.45) is 4.99 Å². The average Bonchev–Trinajstić information content (AvgIpc) is 2.76. The lowest BCUT2D eigenvalue weighted by atomic mass is 10.2. The third kappa shape index (κ3) is 10.8. The van der Waals surface area contributed by atoms with Crippen LogP contribution in [0.15, 0.2) is 29.3 Å². The molecule has 182 valence electrons. The monoisotopic (exact) mass is 563 g/mol. The predicted octanol–water partition coefficient (Wildman–Crippen LogP) is 0.698. The highest BCUT2D eigenvalue weighted by molar-refractivity contribution is 14.0. The van der Waals surface area contributed by atoms with Gasteiger partial charge in [-0.25, -0.2) is 0 Å². The third-order valence-electron chi connectivity index (χ3n) is 4.89. The van der Waals surface area contributed by atoms with E-state index in [1.807, 2.05) is 38.1 Å². The number of amides is 1. The number of rotatable bonds is 11. The summed E-state index contributed by atoms with van der Waals surface area (Å²) in [6.45, 7) is 9.76. The molecule has 1 amide bonds. The van der Waals surface area contributed by atoms with E-state index in [0.29, 0.717) is 19.7 Å². The fourth-order valence-electron chi connectivity index (χ4n) is 3.24. The molecule has 10 heteroatoms. The molecule has 0 spiro atoms. The van der Waals surface area contributed by atoms with E-state index in [-0.39, 0.29) is 43.0 Å². The number of ether oxygens (including phenoxy) is 2. The fraction of sp³-hybridized carbons (Fsp3) is 0.636. The minimum atomic E-state index is -0.689. The maximum atomic E-state index is 12.0. The molecule has 0 aromatic heterocycles. The van der Waals surface area contributed by atoms with Crippen LogP contribution in [0.5, 0.6) is 5.75 Å². The van der Waals surface area contributed by atoms with Crippen molar-refractivity contribution < 1.29 is 19.4 Å². The van der Waals surface area contributed by atoms with Gasteiger partial charge >= 0.3 is 0 Å². The van der Waals surface area contributed by atoms with Crippen LogP contribution < -0.4 is 15.4 Å². The second kappa shape index (κ2) is 16.1. The molecule has 1 saturated heterocycles. The van der Waals surface area contributed by atoms with E-state index in [0.717, 1.165) is 50.0 Å². The zero-order valence-electron chi connectivity index (χ0n) is 19.4. The lowest BCUT2D eigenvalue weighted by molar-refractivity contribution is -0.122. The zero-order chi connectivity index (χ0) is 22.5. The number of benzene rings is 1. The maximum absolute atomic E-state index is 12.0. The molecule has 1 aromatic carbocycles. The van der Waals surface area contributed by atoms with Gasteiger partial charge in [-0.3, -0.25) is 14.7 Å². The summed E-state index contributed by atoms with van der Waals surface area (Å²) >= 11 is 0. The summed E-state index contributed by atoms with van der Waals surface area (Å²) in [5, 5.41) is 16.4. The molecular weight excluding hydrogens is 525 g/mol. The molecule has 3 N–H and O–H groups in total. The number of hydrogen-bond acceptors (Lipinski definition) is 6. The molecule has 9 nitrogen and oxygen atoms in total. The van der Waals surface area contributed by atoms with Gasteiger partial charge in [0.2, 0.25) is 5.91 Å². The summed E-state index contributed by atoms with van der Waals surface area (Å²) in [6.07, 6.45) is -0.689. The molecule has 1 aliphatic rings. The van der Waals surface area contributed by atoms with Gasteiger partial charge in [0.05, 0.1) is 19.7 Å². The molecule has 2 rings (SSSR count). The Balaban J connectivity index is 0.00000512. The van der Waals surface area contributed by atoms with Crippen molar-refractivity contribution in [2.45, 2.75) is 20.0 Å². The highest BCUT2D eigenvalue weighted by atomic mass is 127. The molecule has 32 heavy (non-hydrogen) atoms. The molecule has 0 aliphatic carbocycles. The van der Waals surface area contributed by atoms with E-state index in [9.17, 15) is 9.90 Å². The van der Waals surface area contributed by atoms with Crippen LogP contribution in [0.25, 0.3) is 0 Å². The molecule has 0 saturated carbocycles. The number of nitrogens with zero attached hydrogens (tertiary/aromatic N) is 3. The number of carbonyl (C=O) groups is 1. The third-order valence-corrected chi connectivity index (χ3v) is 4.89. The van der Waals surface area contributed by atoms with Crippen LogP contribution in [-0.2, 0) is 9.53 Å². The van der Waals surface area contributed by atoms with E-state index in [1.165, 1.54) is 0 Å². The van der Waals surface area contributed by atoms with Crippen LogP contribution in [0.2, 0.25) is 0 Å². The van der Waals surface area contributed by atoms with Gasteiger partial charge < -0.3 is 30.1 Å². The molecule has 1 aromatic rings. The highest BCUT2D eigenvalue weighted by Gasteiger charge is 2.21. The van der Waals surface area contributed by atoms with Gasteiger partial charge in [0.1, 0.15) is 18.5 Å². The number of hydrogen-bond donors (Lipinski definition) is 3. The van der Waals surface area contributed by atoms with Crippen LogP contribution in [0.4, 0.5) is 0 Å². The Morgan fingerprint density at radius 3 is 2.66 bits per heavy atom. The molecule has 0 radical (unpaired) electrons. The second-order valence-corrected chi connectivity index (χ2v) is 7.58.